The molecule has 0 spiro atoms. The van der Waals surface area contributed by atoms with Crippen molar-refractivity contribution in [2.24, 2.45) is 0 Å². The standard InChI is InChI=1S/C13H10.C9H11.C9H13.2ClH.Zr/c1-3-7-12(8-4-1)11-13-9-5-2-6-10-13;1-2-5-9-7-3-6-8(9)4-1;1-9(2,3)8-6-4-5-7-8;;;/h1-10H;3,6-7H,1-2,4-5H2;4-7H,1-3H3;2*1H;/q;2*-1;;;+2/p-2. The minimum absolute atomic E-state index is 0.323. The zero-order chi connectivity index (χ0) is 24.4. The molecule has 0 amide bonds. The largest absolute Gasteiger partial charge is 0.210 e. The molecule has 4 aromatic rings. The second-order valence-corrected chi connectivity index (χ2v) is 17.7. The summed E-state index contributed by atoms with van der Waals surface area (Å²) >= 11 is -2.44. The number of fused-ring (bicyclic) bond motifs is 1. The van der Waals surface area contributed by atoms with Gasteiger partial charge in [0, 0.05) is 0 Å². The first-order chi connectivity index (χ1) is 16.4. The monoisotopic (exact) mass is 566 g/mol. The topological polar surface area (TPSA) is 0 Å². The quantitative estimate of drug-likeness (QED) is 0.212. The van der Waals surface area contributed by atoms with E-state index in [0.29, 0.717) is 5.41 Å². The van der Waals surface area contributed by atoms with Gasteiger partial charge in [-0.25, -0.2) is 12.1 Å². The third kappa shape index (κ3) is 8.30. The van der Waals surface area contributed by atoms with E-state index in [9.17, 15) is 0 Å². The molecule has 0 unspecified atom stereocenters. The Hall–Kier alpha value is -1.53. The number of hydrogen-bond acceptors (Lipinski definition) is 0. The Balaban J connectivity index is 0.000000153. The molecule has 0 saturated heterocycles. The first-order valence-electron chi connectivity index (χ1n) is 12.0. The number of aryl methyl sites for hydroxylation is 2. The van der Waals surface area contributed by atoms with Crippen molar-refractivity contribution in [2.75, 3.05) is 0 Å². The van der Waals surface area contributed by atoms with E-state index in [1.54, 1.807) is 11.1 Å². The number of hydrogen-bond donors (Lipinski definition) is 0. The van der Waals surface area contributed by atoms with Crippen molar-refractivity contribution in [1.82, 2.24) is 0 Å². The van der Waals surface area contributed by atoms with Gasteiger partial charge in [0.15, 0.2) is 0 Å². The average molecular weight is 569 g/mol. The van der Waals surface area contributed by atoms with E-state index < -0.39 is 18.9 Å². The number of rotatable bonds is 2. The molecule has 178 valence electrons. The van der Waals surface area contributed by atoms with Gasteiger partial charge in [-0.1, -0.05) is 51.9 Å². The maximum Gasteiger partial charge on any atom is -0.0512 e. The second kappa shape index (κ2) is 13.5. The zero-order valence-electron chi connectivity index (χ0n) is 20.4. The molecule has 4 aromatic carbocycles. The SMILES string of the molecule is CC(C)(C)c1cc[cH-]c1.[Cl][Zr]([Cl])=[C](c1ccccc1)c1ccccc1.c1cc2c([cH-]1)CCCC2. The molecule has 0 bridgehead atoms. The van der Waals surface area contributed by atoms with Gasteiger partial charge in [-0.15, -0.1) is 0 Å². The van der Waals surface area contributed by atoms with Crippen LogP contribution in [0.1, 0.15) is 61.4 Å². The minimum atomic E-state index is -2.44. The Labute approximate surface area is 220 Å². The molecule has 0 saturated carbocycles. The maximum atomic E-state index is 6.24. The Bertz CT molecular complexity index is 1070. The van der Waals surface area contributed by atoms with E-state index >= 15 is 0 Å². The number of benzene rings is 2. The smallest absolute Gasteiger partial charge is 0.0512 e. The summed E-state index contributed by atoms with van der Waals surface area (Å²) in [6, 6.07) is 35.5. The van der Waals surface area contributed by atoms with Crippen LogP contribution in [0.2, 0.25) is 0 Å². The summed E-state index contributed by atoms with van der Waals surface area (Å²) in [7, 11) is 12.5. The van der Waals surface area contributed by atoms with Crippen LogP contribution in [-0.2, 0) is 37.1 Å². The molecule has 0 N–H and O–H groups in total. The van der Waals surface area contributed by atoms with Crippen molar-refractivity contribution in [2.45, 2.75) is 51.9 Å². The molecule has 5 rings (SSSR count). The van der Waals surface area contributed by atoms with Crippen molar-refractivity contribution in [1.29, 1.82) is 0 Å². The van der Waals surface area contributed by atoms with Gasteiger partial charge >= 0.3 is 111 Å². The molecule has 0 fully saturated rings. The van der Waals surface area contributed by atoms with Gasteiger partial charge in [0.2, 0.25) is 0 Å². The van der Waals surface area contributed by atoms with Gasteiger partial charge in [0.05, 0.1) is 0 Å². The van der Waals surface area contributed by atoms with Crippen LogP contribution < -0.4 is 0 Å². The van der Waals surface area contributed by atoms with Gasteiger partial charge in [-0.2, -0.15) is 47.0 Å². The van der Waals surface area contributed by atoms with Crippen LogP contribution in [0.4, 0.5) is 0 Å². The molecule has 1 aliphatic carbocycles. The Morgan fingerprint density at radius 3 is 1.79 bits per heavy atom. The maximum absolute atomic E-state index is 6.24. The summed E-state index contributed by atoms with van der Waals surface area (Å²) in [5, 5.41) is 0. The zero-order valence-corrected chi connectivity index (χ0v) is 24.4. The van der Waals surface area contributed by atoms with Gasteiger partial charge < -0.3 is 0 Å². The van der Waals surface area contributed by atoms with Crippen molar-refractivity contribution in [3.8, 4) is 0 Å². The fraction of sp³-hybridized carbons (Fsp3) is 0.258. The van der Waals surface area contributed by atoms with Crippen molar-refractivity contribution in [3.05, 3.63) is 131 Å². The summed E-state index contributed by atoms with van der Waals surface area (Å²) in [5.74, 6) is 0. The first kappa shape index (κ1) is 27.1. The Kier molecular flexibility index (Phi) is 10.8. The van der Waals surface area contributed by atoms with E-state index in [0.717, 1.165) is 14.3 Å². The molecule has 0 atom stereocenters. The van der Waals surface area contributed by atoms with E-state index in [1.165, 1.54) is 31.2 Å². The first-order valence-corrected chi connectivity index (χ1v) is 19.5. The molecule has 0 nitrogen and oxygen atoms in total. The second-order valence-electron chi connectivity index (χ2n) is 9.57. The van der Waals surface area contributed by atoms with Crippen LogP contribution >= 0.6 is 17.0 Å². The van der Waals surface area contributed by atoms with Crippen molar-refractivity contribution >= 4 is 20.2 Å². The Morgan fingerprint density at radius 1 is 0.765 bits per heavy atom. The molecule has 3 heteroatoms. The van der Waals surface area contributed by atoms with Gasteiger partial charge in [-0.3, -0.25) is 0 Å². The van der Waals surface area contributed by atoms with Crippen LogP contribution in [0.15, 0.2) is 103 Å². The predicted molar refractivity (Wildman–Crippen MR) is 147 cm³/mol. The van der Waals surface area contributed by atoms with Gasteiger partial charge in [-0.05, 0) is 0 Å². The van der Waals surface area contributed by atoms with Gasteiger partial charge in [0.1, 0.15) is 0 Å². The molecule has 0 aromatic heterocycles. The predicted octanol–water partition coefficient (Wildman–Crippen LogP) is 9.17. The van der Waals surface area contributed by atoms with E-state index in [2.05, 4.69) is 87.5 Å². The molecular weight excluding hydrogens is 534 g/mol. The Morgan fingerprint density at radius 2 is 1.35 bits per heavy atom. The summed E-state index contributed by atoms with van der Waals surface area (Å²) in [6.45, 7) is 6.67. The molecule has 34 heavy (non-hydrogen) atoms. The van der Waals surface area contributed by atoms with E-state index in [4.69, 9.17) is 17.0 Å². The minimum Gasteiger partial charge on any atom is -0.210 e. The molecule has 1 aliphatic rings. The summed E-state index contributed by atoms with van der Waals surface area (Å²) in [5.41, 5.74) is 7.23. The summed E-state index contributed by atoms with van der Waals surface area (Å²) in [6.07, 6.45) is 5.44. The number of halogens is 2. The van der Waals surface area contributed by atoms with Gasteiger partial charge in [0.25, 0.3) is 0 Å². The van der Waals surface area contributed by atoms with Crippen LogP contribution in [0, 0.1) is 0 Å². The molecular formula is C31H34Cl2Zr-2. The summed E-state index contributed by atoms with van der Waals surface area (Å²) in [4.78, 5) is 0. The van der Waals surface area contributed by atoms with Crippen LogP contribution in [-0.4, -0.2) is 3.21 Å². The van der Waals surface area contributed by atoms with E-state index in [-0.39, 0.29) is 0 Å². The third-order valence-corrected chi connectivity index (χ3v) is 10.6. The summed E-state index contributed by atoms with van der Waals surface area (Å²) < 4.78 is 1.15. The molecule has 0 aliphatic heterocycles. The van der Waals surface area contributed by atoms with Crippen LogP contribution in [0.25, 0.3) is 0 Å². The normalized spacial score (nSPS) is 12.4. The van der Waals surface area contributed by atoms with Crippen LogP contribution in [0.3, 0.4) is 0 Å². The fourth-order valence-corrected chi connectivity index (χ4v) is 8.56. The van der Waals surface area contributed by atoms with Crippen molar-refractivity contribution in [3.63, 3.8) is 0 Å². The third-order valence-electron chi connectivity index (χ3n) is 5.99. The van der Waals surface area contributed by atoms with Crippen molar-refractivity contribution < 1.29 is 18.9 Å². The molecule has 0 radical (unpaired) electrons. The molecule has 0 heterocycles. The fourth-order valence-electron chi connectivity index (χ4n) is 4.08. The average Bonchev–Trinajstić information content (AvgIpc) is 3.54. The van der Waals surface area contributed by atoms with Crippen LogP contribution in [0.5, 0.6) is 0 Å². The van der Waals surface area contributed by atoms with E-state index in [1.807, 2.05) is 36.4 Å².